The Hall–Kier alpha value is -2.47. The van der Waals surface area contributed by atoms with Gasteiger partial charge in [-0.15, -0.1) is 21.5 Å². The molecule has 0 unspecified atom stereocenters. The summed E-state index contributed by atoms with van der Waals surface area (Å²) in [5.74, 6) is 0.625. The van der Waals surface area contributed by atoms with Crippen molar-refractivity contribution in [2.75, 3.05) is 11.4 Å². The monoisotopic (exact) mass is 310 g/mol. The Kier molecular flexibility index (Phi) is 3.04. The van der Waals surface area contributed by atoms with Crippen LogP contribution in [0.15, 0.2) is 46.6 Å². The topological polar surface area (TPSA) is 51.0 Å². The average molecular weight is 310 g/mol. The third kappa shape index (κ3) is 1.95. The molecule has 0 saturated carbocycles. The van der Waals surface area contributed by atoms with E-state index < -0.39 is 0 Å². The Morgan fingerprint density at radius 1 is 1.09 bits per heavy atom. The molecule has 110 valence electrons. The van der Waals surface area contributed by atoms with E-state index in [1.807, 2.05) is 35.7 Å². The molecule has 3 aromatic rings. The summed E-state index contributed by atoms with van der Waals surface area (Å²) in [6.07, 6.45) is 0. The van der Waals surface area contributed by atoms with Crippen molar-refractivity contribution >= 4 is 23.0 Å². The summed E-state index contributed by atoms with van der Waals surface area (Å²) < 4.78 is 1.72. The lowest BCUT2D eigenvalue weighted by atomic mass is 10.2. The van der Waals surface area contributed by atoms with Crippen molar-refractivity contribution in [2.45, 2.75) is 13.5 Å². The lowest BCUT2D eigenvalue weighted by Gasteiger charge is -2.18. The van der Waals surface area contributed by atoms with Gasteiger partial charge in [-0.1, -0.05) is 24.3 Å². The minimum absolute atomic E-state index is 0.0662. The molecule has 4 rings (SSSR count). The molecule has 1 aliphatic heterocycles. The van der Waals surface area contributed by atoms with Crippen molar-refractivity contribution in [2.24, 2.45) is 0 Å². The van der Waals surface area contributed by atoms with Gasteiger partial charge in [-0.05, 0) is 30.0 Å². The van der Waals surface area contributed by atoms with Crippen LogP contribution in [-0.4, -0.2) is 21.3 Å². The van der Waals surface area contributed by atoms with E-state index in [1.165, 1.54) is 11.3 Å². The first-order chi connectivity index (χ1) is 10.8. The molecule has 0 radical (unpaired) electrons. The predicted octanol–water partition coefficient (Wildman–Crippen LogP) is 2.83. The molecule has 3 heterocycles. The van der Waals surface area contributed by atoms with E-state index in [0.717, 1.165) is 22.7 Å². The van der Waals surface area contributed by atoms with Crippen LogP contribution >= 0.6 is 11.3 Å². The van der Waals surface area contributed by atoms with E-state index in [1.54, 1.807) is 4.57 Å². The van der Waals surface area contributed by atoms with Crippen LogP contribution in [0.25, 0.3) is 10.6 Å². The van der Waals surface area contributed by atoms with Gasteiger partial charge in [-0.2, -0.15) is 0 Å². The van der Waals surface area contributed by atoms with Crippen LogP contribution in [0.1, 0.15) is 5.56 Å². The number of hydrogen-bond acceptors (Lipinski definition) is 5. The molecule has 5 nitrogen and oxygen atoms in total. The van der Waals surface area contributed by atoms with Crippen LogP contribution in [0.5, 0.6) is 0 Å². The Morgan fingerprint density at radius 3 is 2.73 bits per heavy atom. The lowest BCUT2D eigenvalue weighted by molar-refractivity contribution is 0.743. The molecule has 2 aromatic heterocycles. The van der Waals surface area contributed by atoms with Gasteiger partial charge < -0.3 is 4.90 Å². The first-order valence-corrected chi connectivity index (χ1v) is 7.98. The van der Waals surface area contributed by atoms with Crippen molar-refractivity contribution in [3.05, 3.63) is 57.7 Å². The molecule has 1 aliphatic rings. The standard InChI is InChI=1S/C16H14N4OS/c1-11-5-2-3-6-12(11)19-8-9-20-15(21)14(17-18-16(19)20)13-7-4-10-22-13/h2-7,10H,8-9H2,1H3. The maximum atomic E-state index is 12.7. The van der Waals surface area contributed by atoms with Gasteiger partial charge >= 0.3 is 0 Å². The van der Waals surface area contributed by atoms with Crippen molar-refractivity contribution in [3.63, 3.8) is 0 Å². The van der Waals surface area contributed by atoms with E-state index >= 15 is 0 Å². The minimum atomic E-state index is -0.0662. The van der Waals surface area contributed by atoms with E-state index in [-0.39, 0.29) is 5.56 Å². The van der Waals surface area contributed by atoms with Gasteiger partial charge in [0.1, 0.15) is 0 Å². The number of hydrogen-bond donors (Lipinski definition) is 0. The largest absolute Gasteiger partial charge is 0.309 e. The number of rotatable bonds is 2. The van der Waals surface area contributed by atoms with Crippen LogP contribution in [0.3, 0.4) is 0 Å². The quantitative estimate of drug-likeness (QED) is 0.730. The third-order valence-corrected chi connectivity index (χ3v) is 4.75. The van der Waals surface area contributed by atoms with Gasteiger partial charge in [-0.25, -0.2) is 0 Å². The van der Waals surface area contributed by atoms with Crippen molar-refractivity contribution in [3.8, 4) is 10.6 Å². The number of aromatic nitrogens is 3. The zero-order chi connectivity index (χ0) is 15.1. The Balaban J connectivity index is 1.83. The minimum Gasteiger partial charge on any atom is -0.309 e. The van der Waals surface area contributed by atoms with E-state index in [4.69, 9.17) is 0 Å². The van der Waals surface area contributed by atoms with Gasteiger partial charge in [0.2, 0.25) is 5.95 Å². The molecular formula is C16H14N4OS. The first-order valence-electron chi connectivity index (χ1n) is 7.10. The summed E-state index contributed by atoms with van der Waals surface area (Å²) in [4.78, 5) is 15.6. The molecule has 0 amide bonds. The second kappa shape index (κ2) is 5.06. The summed E-state index contributed by atoms with van der Waals surface area (Å²) in [5, 5.41) is 10.4. The number of para-hydroxylation sites is 1. The lowest BCUT2D eigenvalue weighted by Crippen LogP contribution is -2.23. The summed E-state index contributed by atoms with van der Waals surface area (Å²) >= 11 is 1.51. The molecule has 0 saturated heterocycles. The second-order valence-electron chi connectivity index (χ2n) is 5.22. The van der Waals surface area contributed by atoms with Gasteiger partial charge in [0.15, 0.2) is 5.69 Å². The highest BCUT2D eigenvalue weighted by molar-refractivity contribution is 7.13. The fourth-order valence-electron chi connectivity index (χ4n) is 2.77. The second-order valence-corrected chi connectivity index (χ2v) is 6.17. The Labute approximate surface area is 131 Å². The van der Waals surface area contributed by atoms with Gasteiger partial charge in [0.25, 0.3) is 5.56 Å². The molecule has 0 aliphatic carbocycles. The summed E-state index contributed by atoms with van der Waals surface area (Å²) in [5.41, 5.74) is 2.60. The summed E-state index contributed by atoms with van der Waals surface area (Å²) in [6.45, 7) is 3.43. The fraction of sp³-hybridized carbons (Fsp3) is 0.188. The Bertz CT molecular complexity index is 885. The molecule has 0 N–H and O–H groups in total. The SMILES string of the molecule is Cc1ccccc1N1CCn2c1nnc(-c1cccs1)c2=O. The number of aryl methyl sites for hydroxylation is 1. The highest BCUT2D eigenvalue weighted by Crippen LogP contribution is 2.30. The number of anilines is 2. The van der Waals surface area contributed by atoms with Crippen molar-refractivity contribution in [1.29, 1.82) is 0 Å². The van der Waals surface area contributed by atoms with Crippen LogP contribution < -0.4 is 10.5 Å². The third-order valence-electron chi connectivity index (χ3n) is 3.88. The average Bonchev–Trinajstić information content (AvgIpc) is 3.18. The Morgan fingerprint density at radius 2 is 1.95 bits per heavy atom. The fourth-order valence-corrected chi connectivity index (χ4v) is 3.47. The molecule has 0 atom stereocenters. The summed E-state index contributed by atoms with van der Waals surface area (Å²) in [6, 6.07) is 11.9. The molecule has 0 fully saturated rings. The van der Waals surface area contributed by atoms with Gasteiger partial charge in [0, 0.05) is 18.8 Å². The van der Waals surface area contributed by atoms with Crippen molar-refractivity contribution in [1.82, 2.24) is 14.8 Å². The summed E-state index contributed by atoms with van der Waals surface area (Å²) in [7, 11) is 0. The highest BCUT2D eigenvalue weighted by Gasteiger charge is 2.26. The maximum Gasteiger partial charge on any atom is 0.282 e. The molecule has 22 heavy (non-hydrogen) atoms. The van der Waals surface area contributed by atoms with E-state index in [2.05, 4.69) is 28.1 Å². The zero-order valence-electron chi connectivity index (χ0n) is 12.1. The number of fused-ring (bicyclic) bond motifs is 1. The molecular weight excluding hydrogens is 296 g/mol. The smallest absolute Gasteiger partial charge is 0.282 e. The predicted molar refractivity (Wildman–Crippen MR) is 87.8 cm³/mol. The number of nitrogens with zero attached hydrogens (tertiary/aromatic N) is 4. The van der Waals surface area contributed by atoms with Crippen LogP contribution in [-0.2, 0) is 6.54 Å². The van der Waals surface area contributed by atoms with Crippen LogP contribution in [0.4, 0.5) is 11.6 Å². The van der Waals surface area contributed by atoms with Crippen LogP contribution in [0, 0.1) is 6.92 Å². The van der Waals surface area contributed by atoms with Gasteiger partial charge in [0.05, 0.1) is 4.88 Å². The van der Waals surface area contributed by atoms with Crippen molar-refractivity contribution < 1.29 is 0 Å². The van der Waals surface area contributed by atoms with E-state index in [0.29, 0.717) is 18.2 Å². The normalized spacial score (nSPS) is 13.4. The van der Waals surface area contributed by atoms with Gasteiger partial charge in [-0.3, -0.25) is 9.36 Å². The molecule has 0 bridgehead atoms. The molecule has 6 heteroatoms. The highest BCUT2D eigenvalue weighted by atomic mass is 32.1. The molecule has 1 aromatic carbocycles. The number of benzene rings is 1. The molecule has 0 spiro atoms. The maximum absolute atomic E-state index is 12.7. The zero-order valence-corrected chi connectivity index (χ0v) is 12.9. The first kappa shape index (κ1) is 13.2. The number of thiophene rings is 1. The van der Waals surface area contributed by atoms with E-state index in [9.17, 15) is 4.79 Å². The van der Waals surface area contributed by atoms with Crippen LogP contribution in [0.2, 0.25) is 0 Å².